The topological polar surface area (TPSA) is 9.23 Å². The molecule has 0 aliphatic carbocycles. The molecule has 1 radical (unpaired) electrons. The molecule has 1 aromatic rings. The van der Waals surface area contributed by atoms with Gasteiger partial charge in [0.25, 0.3) is 0 Å². The van der Waals surface area contributed by atoms with Gasteiger partial charge >= 0.3 is 0 Å². The second-order valence-corrected chi connectivity index (χ2v) is 2.76. The van der Waals surface area contributed by atoms with E-state index >= 15 is 0 Å². The van der Waals surface area contributed by atoms with E-state index in [-0.39, 0.29) is 0 Å². The van der Waals surface area contributed by atoms with E-state index in [2.05, 4.69) is 25.1 Å². The molecule has 0 saturated heterocycles. The fraction of sp³-hybridized carbons (Fsp3) is 0.333. The van der Waals surface area contributed by atoms with E-state index in [1.165, 1.54) is 0 Å². The molecule has 0 bridgehead atoms. The minimum Gasteiger partial charge on any atom is -0.493 e. The minimum atomic E-state index is 0.744. The van der Waals surface area contributed by atoms with Crippen LogP contribution in [0.1, 0.15) is 19.8 Å². The normalized spacial score (nSPS) is 10.5. The van der Waals surface area contributed by atoms with Gasteiger partial charge in [0.05, 0.1) is 6.61 Å². The molecule has 0 heterocycles. The lowest BCUT2D eigenvalue weighted by Crippen LogP contribution is -1.94. The smallest absolute Gasteiger partial charge is 0.119 e. The summed E-state index contributed by atoms with van der Waals surface area (Å²) in [5.41, 5.74) is 0. The number of hydrogen-bond acceptors (Lipinski definition) is 1. The van der Waals surface area contributed by atoms with Gasteiger partial charge in [-0.05, 0) is 31.0 Å². The van der Waals surface area contributed by atoms with Crippen LogP contribution in [0.25, 0.3) is 0 Å². The van der Waals surface area contributed by atoms with Gasteiger partial charge in [-0.2, -0.15) is 0 Å². The van der Waals surface area contributed by atoms with Crippen LogP contribution < -0.4 is 4.74 Å². The summed E-state index contributed by atoms with van der Waals surface area (Å²) in [6.45, 7) is 2.87. The molecule has 0 aliphatic heterocycles. The van der Waals surface area contributed by atoms with Crippen LogP contribution in [0.2, 0.25) is 0 Å². The Morgan fingerprint density at radius 3 is 3.08 bits per heavy atom. The fourth-order valence-electron chi connectivity index (χ4n) is 0.996. The third kappa shape index (κ3) is 4.36. The molecule has 1 aromatic carbocycles. The van der Waals surface area contributed by atoms with Crippen molar-refractivity contribution in [3.63, 3.8) is 0 Å². The van der Waals surface area contributed by atoms with Crippen LogP contribution in [0.3, 0.4) is 0 Å². The molecule has 1 nitrogen and oxygen atoms in total. The van der Waals surface area contributed by atoms with E-state index in [9.17, 15) is 0 Å². The molecule has 13 heavy (non-hydrogen) atoms. The molecule has 0 aromatic heterocycles. The van der Waals surface area contributed by atoms with Crippen molar-refractivity contribution in [3.05, 3.63) is 42.5 Å². The van der Waals surface area contributed by atoms with E-state index in [1.54, 1.807) is 0 Å². The van der Waals surface area contributed by atoms with Crippen molar-refractivity contribution in [2.24, 2.45) is 0 Å². The molecule has 1 heteroatoms. The van der Waals surface area contributed by atoms with Gasteiger partial charge in [-0.1, -0.05) is 31.2 Å². The summed E-state index contributed by atoms with van der Waals surface area (Å²) in [6.07, 6.45) is 6.37. The average molecular weight is 175 g/mol. The monoisotopic (exact) mass is 175 g/mol. The van der Waals surface area contributed by atoms with Crippen molar-refractivity contribution >= 4 is 0 Å². The van der Waals surface area contributed by atoms with Crippen LogP contribution in [-0.4, -0.2) is 6.61 Å². The second-order valence-electron chi connectivity index (χ2n) is 2.76. The Balaban J connectivity index is 2.17. The van der Waals surface area contributed by atoms with Crippen LogP contribution in [-0.2, 0) is 0 Å². The lowest BCUT2D eigenvalue weighted by molar-refractivity contribution is 0.325. The van der Waals surface area contributed by atoms with E-state index in [0.29, 0.717) is 0 Å². The molecule has 0 N–H and O–H groups in total. The van der Waals surface area contributed by atoms with Gasteiger partial charge in [-0.15, -0.1) is 0 Å². The maximum atomic E-state index is 5.47. The molecule has 0 atom stereocenters. The van der Waals surface area contributed by atoms with Gasteiger partial charge in [-0.25, -0.2) is 0 Å². The Morgan fingerprint density at radius 1 is 1.46 bits per heavy atom. The highest BCUT2D eigenvalue weighted by Crippen LogP contribution is 2.07. The Morgan fingerprint density at radius 2 is 2.38 bits per heavy atom. The average Bonchev–Trinajstić information content (AvgIpc) is 2.19. The maximum absolute atomic E-state index is 5.47. The summed E-state index contributed by atoms with van der Waals surface area (Å²) in [6, 6.07) is 10.6. The molecule has 0 amide bonds. The lowest BCUT2D eigenvalue weighted by atomic mass is 10.3. The van der Waals surface area contributed by atoms with Gasteiger partial charge < -0.3 is 4.74 Å². The third-order valence-electron chi connectivity index (χ3n) is 1.63. The standard InChI is InChI=1S/C12H15O/c1-2-3-4-8-11-13-12-9-6-5-7-10-12/h3-6,9-10H,2,8,11H2,1H3. The highest BCUT2D eigenvalue weighted by molar-refractivity contribution is 5.19. The van der Waals surface area contributed by atoms with Gasteiger partial charge in [0.2, 0.25) is 0 Å². The van der Waals surface area contributed by atoms with E-state index in [0.717, 1.165) is 25.2 Å². The zero-order chi connectivity index (χ0) is 9.36. The van der Waals surface area contributed by atoms with Crippen molar-refractivity contribution in [3.8, 4) is 5.75 Å². The zero-order valence-corrected chi connectivity index (χ0v) is 7.99. The van der Waals surface area contributed by atoms with Crippen molar-refractivity contribution in [1.29, 1.82) is 0 Å². The minimum absolute atomic E-state index is 0.744. The van der Waals surface area contributed by atoms with Crippen molar-refractivity contribution in [1.82, 2.24) is 0 Å². The third-order valence-corrected chi connectivity index (χ3v) is 1.63. The number of allylic oxidation sites excluding steroid dienone is 1. The Bertz CT molecular complexity index is 239. The molecule has 0 saturated carbocycles. The highest BCUT2D eigenvalue weighted by Gasteiger charge is 1.88. The zero-order valence-electron chi connectivity index (χ0n) is 7.99. The Kier molecular flexibility index (Phi) is 4.77. The summed E-state index contributed by atoms with van der Waals surface area (Å²) >= 11 is 0. The SMILES string of the molecule is CCC=CCCOc1c[c]ccc1. The molecule has 0 unspecified atom stereocenters. The summed E-state index contributed by atoms with van der Waals surface area (Å²) in [4.78, 5) is 0. The van der Waals surface area contributed by atoms with E-state index in [1.807, 2.05) is 24.3 Å². The summed E-state index contributed by atoms with van der Waals surface area (Å²) in [5, 5.41) is 0. The van der Waals surface area contributed by atoms with Crippen molar-refractivity contribution in [2.45, 2.75) is 19.8 Å². The summed E-state index contributed by atoms with van der Waals surface area (Å²) in [7, 11) is 0. The predicted molar refractivity (Wildman–Crippen MR) is 54.8 cm³/mol. The number of ether oxygens (including phenoxy) is 1. The Hall–Kier alpha value is -1.24. The second kappa shape index (κ2) is 6.30. The number of benzene rings is 1. The van der Waals surface area contributed by atoms with Crippen LogP contribution in [0.4, 0.5) is 0 Å². The van der Waals surface area contributed by atoms with E-state index < -0.39 is 0 Å². The van der Waals surface area contributed by atoms with Crippen LogP contribution in [0.15, 0.2) is 36.4 Å². The summed E-state index contributed by atoms with van der Waals surface area (Å²) < 4.78 is 5.47. The predicted octanol–water partition coefficient (Wildman–Crippen LogP) is 3.22. The first-order valence-corrected chi connectivity index (χ1v) is 4.67. The van der Waals surface area contributed by atoms with Crippen LogP contribution in [0.5, 0.6) is 5.75 Å². The molecular weight excluding hydrogens is 160 g/mol. The van der Waals surface area contributed by atoms with Crippen molar-refractivity contribution in [2.75, 3.05) is 6.61 Å². The largest absolute Gasteiger partial charge is 0.493 e. The molecule has 0 fully saturated rings. The number of rotatable bonds is 5. The van der Waals surface area contributed by atoms with Crippen LogP contribution >= 0.6 is 0 Å². The first-order valence-electron chi connectivity index (χ1n) is 4.67. The first-order chi connectivity index (χ1) is 6.43. The maximum Gasteiger partial charge on any atom is 0.119 e. The van der Waals surface area contributed by atoms with Crippen LogP contribution in [0, 0.1) is 6.07 Å². The van der Waals surface area contributed by atoms with Gasteiger partial charge in [0, 0.05) is 0 Å². The molecule has 0 spiro atoms. The highest BCUT2D eigenvalue weighted by atomic mass is 16.5. The number of hydrogen-bond donors (Lipinski definition) is 0. The lowest BCUT2D eigenvalue weighted by Gasteiger charge is -2.02. The van der Waals surface area contributed by atoms with Gasteiger partial charge in [-0.3, -0.25) is 0 Å². The summed E-state index contributed by atoms with van der Waals surface area (Å²) in [5.74, 6) is 0.896. The quantitative estimate of drug-likeness (QED) is 0.493. The molecule has 69 valence electrons. The Labute approximate surface area is 80.0 Å². The van der Waals surface area contributed by atoms with E-state index in [4.69, 9.17) is 4.74 Å². The molecule has 1 rings (SSSR count). The van der Waals surface area contributed by atoms with Gasteiger partial charge in [0.1, 0.15) is 5.75 Å². The first kappa shape index (κ1) is 9.85. The molecule has 0 aliphatic rings. The van der Waals surface area contributed by atoms with Crippen molar-refractivity contribution < 1.29 is 4.74 Å². The van der Waals surface area contributed by atoms with Gasteiger partial charge in [0.15, 0.2) is 0 Å². The fourth-order valence-corrected chi connectivity index (χ4v) is 0.996. The molecular formula is C12H15O.